The third kappa shape index (κ3) is 3.96. The lowest BCUT2D eigenvalue weighted by molar-refractivity contribution is 0.872. The van der Waals surface area contributed by atoms with Gasteiger partial charge in [0.2, 0.25) is 0 Å². The summed E-state index contributed by atoms with van der Waals surface area (Å²) in [4.78, 5) is 0. The van der Waals surface area contributed by atoms with Crippen LogP contribution in [0.15, 0.2) is 17.2 Å². The number of aryl methyl sites for hydroxylation is 1. The molecular weight excluding hydrogens is 204 g/mol. The number of hydrogen-bond donors (Lipinski definition) is 0. The molecule has 0 bridgehead atoms. The predicted octanol–water partition coefficient (Wildman–Crippen LogP) is 2.89. The van der Waals surface area contributed by atoms with Crippen molar-refractivity contribution in [1.82, 2.24) is 10.2 Å². The number of rotatable bonds is 4. The fourth-order valence-electron chi connectivity index (χ4n) is 0.868. The standard InChI is InChI=1S/C9H13ClN2S/c1-7-3-4-9(12-11-7)13-8(2)5-6-10/h3-4,8H,5-6H2,1-2H3. The second-order valence-corrected chi connectivity index (χ2v) is 4.76. The van der Waals surface area contributed by atoms with Crippen molar-refractivity contribution in [1.29, 1.82) is 0 Å². The zero-order chi connectivity index (χ0) is 9.68. The lowest BCUT2D eigenvalue weighted by Gasteiger charge is -2.07. The van der Waals surface area contributed by atoms with Crippen LogP contribution in [0.2, 0.25) is 0 Å². The van der Waals surface area contributed by atoms with E-state index in [-0.39, 0.29) is 0 Å². The summed E-state index contributed by atoms with van der Waals surface area (Å²) in [5, 5.41) is 9.54. The maximum Gasteiger partial charge on any atom is 0.119 e. The fourth-order valence-corrected chi connectivity index (χ4v) is 2.21. The summed E-state index contributed by atoms with van der Waals surface area (Å²) >= 11 is 7.36. The average molecular weight is 217 g/mol. The van der Waals surface area contributed by atoms with Gasteiger partial charge in [-0.3, -0.25) is 0 Å². The lowest BCUT2D eigenvalue weighted by Crippen LogP contribution is -1.98. The minimum Gasteiger partial charge on any atom is -0.155 e. The molecular formula is C9H13ClN2S. The Bertz CT molecular complexity index is 250. The lowest BCUT2D eigenvalue weighted by atomic mass is 10.4. The molecule has 1 unspecified atom stereocenters. The third-order valence-electron chi connectivity index (χ3n) is 1.61. The van der Waals surface area contributed by atoms with Crippen molar-refractivity contribution in [3.05, 3.63) is 17.8 Å². The summed E-state index contributed by atoms with van der Waals surface area (Å²) in [5.74, 6) is 0.702. The number of halogens is 1. The van der Waals surface area contributed by atoms with Crippen LogP contribution in [0.25, 0.3) is 0 Å². The van der Waals surface area contributed by atoms with Crippen LogP contribution in [0.5, 0.6) is 0 Å². The van der Waals surface area contributed by atoms with Gasteiger partial charge in [-0.15, -0.1) is 28.5 Å². The Morgan fingerprint density at radius 1 is 1.46 bits per heavy atom. The molecule has 0 saturated heterocycles. The van der Waals surface area contributed by atoms with E-state index in [4.69, 9.17) is 11.6 Å². The van der Waals surface area contributed by atoms with Gasteiger partial charge >= 0.3 is 0 Å². The molecule has 1 heterocycles. The molecule has 0 spiro atoms. The number of nitrogens with zero attached hydrogens (tertiary/aromatic N) is 2. The SMILES string of the molecule is Cc1ccc(SC(C)CCCl)nn1. The van der Waals surface area contributed by atoms with Crippen LogP contribution in [0.3, 0.4) is 0 Å². The Morgan fingerprint density at radius 3 is 2.77 bits per heavy atom. The number of hydrogen-bond acceptors (Lipinski definition) is 3. The minimum atomic E-state index is 0.509. The average Bonchev–Trinajstić information content (AvgIpc) is 2.09. The highest BCUT2D eigenvalue weighted by atomic mass is 35.5. The van der Waals surface area contributed by atoms with Gasteiger partial charge in [0.25, 0.3) is 0 Å². The van der Waals surface area contributed by atoms with Crippen LogP contribution < -0.4 is 0 Å². The van der Waals surface area contributed by atoms with E-state index in [9.17, 15) is 0 Å². The predicted molar refractivity (Wildman–Crippen MR) is 57.4 cm³/mol. The highest BCUT2D eigenvalue weighted by Crippen LogP contribution is 2.22. The number of alkyl halides is 1. The van der Waals surface area contributed by atoms with Gasteiger partial charge in [0.05, 0.1) is 5.69 Å². The van der Waals surface area contributed by atoms with Crippen LogP contribution in [0.4, 0.5) is 0 Å². The Kier molecular flexibility index (Phi) is 4.53. The van der Waals surface area contributed by atoms with Crippen molar-refractivity contribution in [3.8, 4) is 0 Å². The van der Waals surface area contributed by atoms with Gasteiger partial charge in [0.15, 0.2) is 0 Å². The van der Waals surface area contributed by atoms with Gasteiger partial charge in [-0.2, -0.15) is 5.10 Å². The minimum absolute atomic E-state index is 0.509. The Morgan fingerprint density at radius 2 is 2.23 bits per heavy atom. The van der Waals surface area contributed by atoms with E-state index in [0.29, 0.717) is 11.1 Å². The van der Waals surface area contributed by atoms with E-state index in [1.807, 2.05) is 19.1 Å². The van der Waals surface area contributed by atoms with Crippen LogP contribution in [0.1, 0.15) is 19.0 Å². The third-order valence-corrected chi connectivity index (χ3v) is 2.93. The molecule has 1 rings (SSSR count). The summed E-state index contributed by atoms with van der Waals surface area (Å²) in [6.07, 6.45) is 1.00. The molecule has 0 radical (unpaired) electrons. The molecule has 0 aliphatic heterocycles. The van der Waals surface area contributed by atoms with Crippen LogP contribution in [-0.4, -0.2) is 21.3 Å². The molecule has 1 aromatic heterocycles. The van der Waals surface area contributed by atoms with Crippen molar-refractivity contribution in [2.45, 2.75) is 30.5 Å². The van der Waals surface area contributed by atoms with E-state index in [1.165, 1.54) is 0 Å². The maximum atomic E-state index is 5.64. The molecule has 0 saturated carbocycles. The van der Waals surface area contributed by atoms with Crippen molar-refractivity contribution < 1.29 is 0 Å². The zero-order valence-electron chi connectivity index (χ0n) is 7.83. The molecule has 13 heavy (non-hydrogen) atoms. The first-order chi connectivity index (χ1) is 6.22. The van der Waals surface area contributed by atoms with E-state index in [1.54, 1.807) is 11.8 Å². The highest BCUT2D eigenvalue weighted by molar-refractivity contribution is 7.99. The summed E-state index contributed by atoms with van der Waals surface area (Å²) in [7, 11) is 0. The molecule has 0 aliphatic carbocycles. The second kappa shape index (κ2) is 5.45. The quantitative estimate of drug-likeness (QED) is 0.572. The van der Waals surface area contributed by atoms with Gasteiger partial charge in [-0.1, -0.05) is 6.92 Å². The molecule has 0 N–H and O–H groups in total. The van der Waals surface area contributed by atoms with E-state index < -0.39 is 0 Å². The monoisotopic (exact) mass is 216 g/mol. The molecule has 0 aliphatic rings. The molecule has 1 atom stereocenters. The maximum absolute atomic E-state index is 5.64. The first kappa shape index (κ1) is 10.8. The Labute approximate surface area is 88.1 Å². The van der Waals surface area contributed by atoms with Gasteiger partial charge in [0, 0.05) is 11.1 Å². The molecule has 1 aromatic rings. The topological polar surface area (TPSA) is 25.8 Å². The molecule has 4 heteroatoms. The molecule has 0 amide bonds. The van der Waals surface area contributed by atoms with E-state index in [0.717, 1.165) is 17.1 Å². The molecule has 2 nitrogen and oxygen atoms in total. The van der Waals surface area contributed by atoms with Crippen molar-refractivity contribution in [2.24, 2.45) is 0 Å². The van der Waals surface area contributed by atoms with E-state index in [2.05, 4.69) is 17.1 Å². The molecule has 72 valence electrons. The summed E-state index contributed by atoms with van der Waals surface area (Å²) in [5.41, 5.74) is 0.953. The van der Waals surface area contributed by atoms with Crippen LogP contribution in [-0.2, 0) is 0 Å². The largest absolute Gasteiger partial charge is 0.155 e. The van der Waals surface area contributed by atoms with Gasteiger partial charge in [-0.25, -0.2) is 0 Å². The normalized spacial score (nSPS) is 12.8. The number of thioether (sulfide) groups is 1. The summed E-state index contributed by atoms with van der Waals surface area (Å²) in [6, 6.07) is 3.97. The Hall–Kier alpha value is -0.280. The Balaban J connectivity index is 2.49. The van der Waals surface area contributed by atoms with Gasteiger partial charge < -0.3 is 0 Å². The fraction of sp³-hybridized carbons (Fsp3) is 0.556. The highest BCUT2D eigenvalue weighted by Gasteiger charge is 2.04. The molecule has 0 fully saturated rings. The first-order valence-electron chi connectivity index (χ1n) is 4.25. The van der Waals surface area contributed by atoms with Crippen LogP contribution >= 0.6 is 23.4 Å². The van der Waals surface area contributed by atoms with Gasteiger partial charge in [0.1, 0.15) is 5.03 Å². The number of aromatic nitrogens is 2. The second-order valence-electron chi connectivity index (χ2n) is 2.92. The van der Waals surface area contributed by atoms with Crippen molar-refractivity contribution in [2.75, 3.05) is 5.88 Å². The van der Waals surface area contributed by atoms with Gasteiger partial charge in [-0.05, 0) is 25.5 Å². The summed E-state index contributed by atoms with van der Waals surface area (Å²) < 4.78 is 0. The zero-order valence-corrected chi connectivity index (χ0v) is 9.40. The van der Waals surface area contributed by atoms with Crippen molar-refractivity contribution >= 4 is 23.4 Å². The smallest absolute Gasteiger partial charge is 0.119 e. The molecule has 0 aromatic carbocycles. The first-order valence-corrected chi connectivity index (χ1v) is 5.66. The van der Waals surface area contributed by atoms with Crippen LogP contribution in [0, 0.1) is 6.92 Å². The van der Waals surface area contributed by atoms with Crippen molar-refractivity contribution in [3.63, 3.8) is 0 Å². The summed E-state index contributed by atoms with van der Waals surface area (Å²) in [6.45, 7) is 4.08. The van der Waals surface area contributed by atoms with E-state index >= 15 is 0 Å².